The summed E-state index contributed by atoms with van der Waals surface area (Å²) in [6, 6.07) is 8.77. The van der Waals surface area contributed by atoms with Crippen LogP contribution in [0.15, 0.2) is 48.8 Å². The van der Waals surface area contributed by atoms with Crippen molar-refractivity contribution < 1.29 is 14.3 Å². The maximum Gasteiger partial charge on any atom is 0.279 e. The molecule has 4 rings (SSSR count). The largest absolute Gasteiger partial charge is 0.494 e. The first-order chi connectivity index (χ1) is 17.0. The van der Waals surface area contributed by atoms with Crippen LogP contribution in [0.2, 0.25) is 5.02 Å². The standard InChI is InChI=1S/C26H29ClN4O3S/c1-3-14-33-20-7-9-23(22(27)16-20)34-26-29-17-21(35-26)8-6-18(2)30-25(32)19-10-11-28-24(15-19)31-12-4-5-13-31/h6-11,15-18H,3-5,12-14H2,1-2H3,(H,30,32)/b8-6+/t18-/m0/s1. The van der Waals surface area contributed by atoms with Gasteiger partial charge in [0, 0.05) is 43.2 Å². The Bertz CT molecular complexity index is 1180. The molecular weight excluding hydrogens is 484 g/mol. The summed E-state index contributed by atoms with van der Waals surface area (Å²) in [6.07, 6.45) is 10.5. The quantitative estimate of drug-likeness (QED) is 0.348. The fraction of sp³-hybridized carbons (Fsp3) is 0.346. The van der Waals surface area contributed by atoms with Gasteiger partial charge in [0.2, 0.25) is 0 Å². The minimum absolute atomic E-state index is 0.126. The topological polar surface area (TPSA) is 76.6 Å². The Morgan fingerprint density at radius 2 is 2.09 bits per heavy atom. The lowest BCUT2D eigenvalue weighted by molar-refractivity contribution is 0.0947. The molecule has 1 saturated heterocycles. The third-order valence-corrected chi connectivity index (χ3v) is 6.56. The molecule has 3 heterocycles. The fourth-order valence-electron chi connectivity index (χ4n) is 3.62. The Hall–Kier alpha value is -3.10. The predicted molar refractivity (Wildman–Crippen MR) is 141 cm³/mol. The van der Waals surface area contributed by atoms with Gasteiger partial charge < -0.3 is 19.7 Å². The third-order valence-electron chi connectivity index (χ3n) is 5.42. The lowest BCUT2D eigenvalue weighted by Gasteiger charge is -2.17. The summed E-state index contributed by atoms with van der Waals surface area (Å²) >= 11 is 7.72. The molecule has 1 aliphatic rings. The highest BCUT2D eigenvalue weighted by Crippen LogP contribution is 2.34. The van der Waals surface area contributed by atoms with Crippen molar-refractivity contribution in [3.05, 3.63) is 64.3 Å². The highest BCUT2D eigenvalue weighted by Gasteiger charge is 2.16. The molecule has 3 aromatic rings. The average Bonchev–Trinajstić information content (AvgIpc) is 3.56. The van der Waals surface area contributed by atoms with E-state index in [9.17, 15) is 4.79 Å². The monoisotopic (exact) mass is 512 g/mol. The first-order valence-electron chi connectivity index (χ1n) is 11.8. The first kappa shape index (κ1) is 25.0. The molecule has 0 saturated carbocycles. The van der Waals surface area contributed by atoms with E-state index in [1.54, 1.807) is 30.6 Å². The Labute approximate surface area is 214 Å². The van der Waals surface area contributed by atoms with Gasteiger partial charge in [0.05, 0.1) is 16.5 Å². The number of ether oxygens (including phenoxy) is 2. The van der Waals surface area contributed by atoms with Crippen LogP contribution in [-0.2, 0) is 0 Å². The van der Waals surface area contributed by atoms with Crippen molar-refractivity contribution in [3.8, 4) is 16.7 Å². The summed E-state index contributed by atoms with van der Waals surface area (Å²) in [7, 11) is 0. The molecule has 1 aliphatic heterocycles. The highest BCUT2D eigenvalue weighted by molar-refractivity contribution is 7.14. The molecule has 1 N–H and O–H groups in total. The van der Waals surface area contributed by atoms with Crippen LogP contribution in [0.4, 0.5) is 5.82 Å². The molecule has 7 nitrogen and oxygen atoms in total. The number of aromatic nitrogens is 2. The zero-order chi connectivity index (χ0) is 24.6. The van der Waals surface area contributed by atoms with E-state index in [-0.39, 0.29) is 11.9 Å². The van der Waals surface area contributed by atoms with E-state index >= 15 is 0 Å². The van der Waals surface area contributed by atoms with E-state index in [1.165, 1.54) is 11.3 Å². The van der Waals surface area contributed by atoms with Crippen LogP contribution in [-0.4, -0.2) is 41.6 Å². The number of rotatable bonds is 10. The van der Waals surface area contributed by atoms with Gasteiger partial charge in [-0.2, -0.15) is 0 Å². The second kappa shape index (κ2) is 12.0. The predicted octanol–water partition coefficient (Wildman–Crippen LogP) is 6.20. The molecule has 1 amide bonds. The van der Waals surface area contributed by atoms with Crippen LogP contribution in [0.5, 0.6) is 16.7 Å². The molecule has 0 radical (unpaired) electrons. The van der Waals surface area contributed by atoms with Crippen molar-refractivity contribution in [2.45, 2.75) is 39.2 Å². The number of halogens is 1. The van der Waals surface area contributed by atoms with Gasteiger partial charge in [0.25, 0.3) is 11.1 Å². The van der Waals surface area contributed by atoms with E-state index in [2.05, 4.69) is 20.2 Å². The molecule has 0 unspecified atom stereocenters. The lowest BCUT2D eigenvalue weighted by atomic mass is 10.2. The summed E-state index contributed by atoms with van der Waals surface area (Å²) in [4.78, 5) is 24.6. The molecule has 1 aromatic carbocycles. The normalized spacial score (nSPS) is 14.3. The molecule has 2 aromatic heterocycles. The zero-order valence-corrected chi connectivity index (χ0v) is 21.4. The maximum atomic E-state index is 12.7. The van der Waals surface area contributed by atoms with E-state index in [1.807, 2.05) is 38.1 Å². The van der Waals surface area contributed by atoms with Crippen molar-refractivity contribution in [2.75, 3.05) is 24.6 Å². The van der Waals surface area contributed by atoms with Crippen molar-refractivity contribution >= 4 is 40.7 Å². The second-order valence-electron chi connectivity index (χ2n) is 8.29. The maximum absolute atomic E-state index is 12.7. The van der Waals surface area contributed by atoms with Crippen molar-refractivity contribution in [2.24, 2.45) is 0 Å². The van der Waals surface area contributed by atoms with Crippen molar-refractivity contribution in [3.63, 3.8) is 0 Å². The summed E-state index contributed by atoms with van der Waals surface area (Å²) in [5, 5.41) is 3.96. The first-order valence-corrected chi connectivity index (χ1v) is 13.0. The fourth-order valence-corrected chi connectivity index (χ4v) is 4.52. The summed E-state index contributed by atoms with van der Waals surface area (Å²) < 4.78 is 11.4. The van der Waals surface area contributed by atoms with Crippen LogP contribution in [0.25, 0.3) is 6.08 Å². The van der Waals surface area contributed by atoms with Gasteiger partial charge in [-0.3, -0.25) is 4.79 Å². The molecule has 1 fully saturated rings. The molecular formula is C26H29ClN4O3S. The molecule has 0 bridgehead atoms. The smallest absolute Gasteiger partial charge is 0.279 e. The number of nitrogens with one attached hydrogen (secondary N) is 1. The lowest BCUT2D eigenvalue weighted by Crippen LogP contribution is -2.31. The summed E-state index contributed by atoms with van der Waals surface area (Å²) in [6.45, 7) is 6.59. The second-order valence-corrected chi connectivity index (χ2v) is 9.72. The Morgan fingerprint density at radius 1 is 1.26 bits per heavy atom. The van der Waals surface area contributed by atoms with Crippen molar-refractivity contribution in [1.82, 2.24) is 15.3 Å². The number of pyridine rings is 1. The number of hydrogen-bond acceptors (Lipinski definition) is 7. The van der Waals surface area contributed by atoms with Gasteiger partial charge in [-0.15, -0.1) is 0 Å². The van der Waals surface area contributed by atoms with E-state index in [4.69, 9.17) is 21.1 Å². The average molecular weight is 513 g/mol. The van der Waals surface area contributed by atoms with E-state index in [0.29, 0.717) is 33.9 Å². The van der Waals surface area contributed by atoms with Gasteiger partial charge in [-0.25, -0.2) is 9.97 Å². The van der Waals surface area contributed by atoms with Gasteiger partial charge in [-0.05, 0) is 56.5 Å². The Balaban J connectivity index is 1.31. The number of anilines is 1. The Morgan fingerprint density at radius 3 is 2.86 bits per heavy atom. The molecule has 35 heavy (non-hydrogen) atoms. The highest BCUT2D eigenvalue weighted by atomic mass is 35.5. The van der Waals surface area contributed by atoms with Crippen LogP contribution in [0.1, 0.15) is 48.3 Å². The van der Waals surface area contributed by atoms with Gasteiger partial charge in [-0.1, -0.05) is 35.9 Å². The number of hydrogen-bond donors (Lipinski definition) is 1. The van der Waals surface area contributed by atoms with Crippen molar-refractivity contribution in [1.29, 1.82) is 0 Å². The number of nitrogens with zero attached hydrogens (tertiary/aromatic N) is 3. The molecule has 0 aliphatic carbocycles. The Kier molecular flexibility index (Phi) is 8.60. The van der Waals surface area contributed by atoms with Gasteiger partial charge in [0.15, 0.2) is 0 Å². The van der Waals surface area contributed by atoms with Gasteiger partial charge >= 0.3 is 0 Å². The van der Waals surface area contributed by atoms with Gasteiger partial charge in [0.1, 0.15) is 17.3 Å². The molecule has 1 atom stereocenters. The number of amides is 1. The number of benzene rings is 1. The SMILES string of the molecule is CCCOc1ccc(Oc2ncc(/C=C/[C@H](C)NC(=O)c3ccnc(N4CCCC4)c3)s2)c(Cl)c1. The van der Waals surface area contributed by atoms with Crippen LogP contribution in [0.3, 0.4) is 0 Å². The number of carbonyl (C=O) groups excluding carboxylic acids is 1. The van der Waals surface area contributed by atoms with E-state index < -0.39 is 0 Å². The summed E-state index contributed by atoms with van der Waals surface area (Å²) in [5.74, 6) is 1.96. The van der Waals surface area contributed by atoms with E-state index in [0.717, 1.165) is 43.0 Å². The number of thiazole rings is 1. The zero-order valence-electron chi connectivity index (χ0n) is 19.9. The third kappa shape index (κ3) is 6.96. The number of carbonyl (C=O) groups is 1. The van der Waals surface area contributed by atoms with Crippen LogP contribution < -0.4 is 19.7 Å². The van der Waals surface area contributed by atoms with Crippen LogP contribution >= 0.6 is 22.9 Å². The molecule has 9 heteroatoms. The minimum Gasteiger partial charge on any atom is -0.494 e. The molecule has 184 valence electrons. The minimum atomic E-state index is -0.164. The molecule has 0 spiro atoms. The van der Waals surface area contributed by atoms with Crippen LogP contribution in [0, 0.1) is 0 Å². The summed E-state index contributed by atoms with van der Waals surface area (Å²) in [5.41, 5.74) is 0.610.